The lowest BCUT2D eigenvalue weighted by atomic mass is 9.86. The molecule has 15 nitrogen and oxygen atoms in total. The number of rotatable bonds is 9. The van der Waals surface area contributed by atoms with Gasteiger partial charge in [-0.1, -0.05) is 20.8 Å². The SMILES string of the molecule is CC(C)(C)C(=O)c1cc(O)c(CN2CCN(CC(=O)O)CCN(Cc3c(O)ncnc3O)CCN(CC(=O)O)CC2)c(O)c1. The maximum absolute atomic E-state index is 12.7. The van der Waals surface area contributed by atoms with E-state index in [4.69, 9.17) is 0 Å². The Morgan fingerprint density at radius 3 is 1.39 bits per heavy atom. The van der Waals surface area contributed by atoms with Gasteiger partial charge in [0.25, 0.3) is 0 Å². The van der Waals surface area contributed by atoms with Gasteiger partial charge in [-0.15, -0.1) is 0 Å². The number of benzene rings is 1. The van der Waals surface area contributed by atoms with Crippen LogP contribution in [0.25, 0.3) is 0 Å². The normalized spacial score (nSPS) is 17.1. The van der Waals surface area contributed by atoms with Crippen molar-refractivity contribution in [2.45, 2.75) is 33.9 Å². The third-order valence-electron chi connectivity index (χ3n) is 7.46. The maximum Gasteiger partial charge on any atom is 0.317 e. The lowest BCUT2D eigenvalue weighted by molar-refractivity contribution is -0.139. The van der Waals surface area contributed by atoms with E-state index in [0.717, 1.165) is 6.33 Å². The van der Waals surface area contributed by atoms with Crippen molar-refractivity contribution in [3.8, 4) is 23.3 Å². The summed E-state index contributed by atoms with van der Waals surface area (Å²) in [6.07, 6.45) is 1.03. The van der Waals surface area contributed by atoms with Crippen LogP contribution in [0, 0.1) is 5.41 Å². The molecule has 0 spiro atoms. The molecule has 1 aliphatic rings. The van der Waals surface area contributed by atoms with Crippen molar-refractivity contribution in [1.29, 1.82) is 0 Å². The van der Waals surface area contributed by atoms with E-state index in [1.165, 1.54) is 12.1 Å². The zero-order chi connectivity index (χ0) is 32.6. The highest BCUT2D eigenvalue weighted by atomic mass is 16.4. The Balaban J connectivity index is 1.85. The zero-order valence-electron chi connectivity index (χ0n) is 25.3. The number of carboxylic acid groups (broad SMARTS) is 2. The number of carboxylic acids is 2. The number of aliphatic carboxylic acids is 2. The van der Waals surface area contributed by atoms with Crippen LogP contribution in [0.2, 0.25) is 0 Å². The molecule has 0 unspecified atom stereocenters. The van der Waals surface area contributed by atoms with Gasteiger partial charge in [0.05, 0.1) is 18.7 Å². The molecule has 0 saturated carbocycles. The van der Waals surface area contributed by atoms with Crippen LogP contribution in [0.5, 0.6) is 23.3 Å². The molecule has 1 saturated heterocycles. The van der Waals surface area contributed by atoms with Gasteiger partial charge in [0.2, 0.25) is 11.8 Å². The van der Waals surface area contributed by atoms with Crippen LogP contribution in [0.4, 0.5) is 0 Å². The number of hydrogen-bond acceptors (Lipinski definition) is 13. The average Bonchev–Trinajstić information content (AvgIpc) is 2.91. The van der Waals surface area contributed by atoms with Gasteiger partial charge in [0.15, 0.2) is 5.78 Å². The molecule has 2 heterocycles. The van der Waals surface area contributed by atoms with Gasteiger partial charge in [-0.3, -0.25) is 34.0 Å². The first-order valence-corrected chi connectivity index (χ1v) is 14.3. The number of phenolic OH excluding ortho intramolecular Hbond substituents is 2. The molecule has 0 atom stereocenters. The Bertz CT molecular complexity index is 1260. The first kappa shape index (κ1) is 34.4. The molecule has 44 heavy (non-hydrogen) atoms. The summed E-state index contributed by atoms with van der Waals surface area (Å²) in [6, 6.07) is 2.66. The summed E-state index contributed by atoms with van der Waals surface area (Å²) < 4.78 is 0. The van der Waals surface area contributed by atoms with Crippen molar-refractivity contribution < 1.29 is 45.0 Å². The van der Waals surface area contributed by atoms with E-state index >= 15 is 0 Å². The summed E-state index contributed by atoms with van der Waals surface area (Å²) in [5, 5.41) is 61.0. The quantitative estimate of drug-likeness (QED) is 0.213. The number of nitrogens with zero attached hydrogens (tertiary/aromatic N) is 6. The Morgan fingerprint density at radius 2 is 1.02 bits per heavy atom. The lowest BCUT2D eigenvalue weighted by Crippen LogP contribution is -2.47. The van der Waals surface area contributed by atoms with E-state index in [9.17, 15) is 45.0 Å². The molecule has 1 aromatic carbocycles. The van der Waals surface area contributed by atoms with Crippen molar-refractivity contribution in [3.05, 3.63) is 35.2 Å². The number of ketones is 1. The molecular formula is C29H42N6O9. The number of carbonyl (C=O) groups is 3. The second-order valence-corrected chi connectivity index (χ2v) is 12.0. The summed E-state index contributed by atoms with van der Waals surface area (Å²) in [6.45, 7) is 7.33. The summed E-state index contributed by atoms with van der Waals surface area (Å²) >= 11 is 0. The predicted molar refractivity (Wildman–Crippen MR) is 158 cm³/mol. The lowest BCUT2D eigenvalue weighted by Gasteiger charge is -2.33. The van der Waals surface area contributed by atoms with Gasteiger partial charge in [-0.05, 0) is 12.1 Å². The molecule has 0 bridgehead atoms. The molecule has 0 radical (unpaired) electrons. The molecule has 1 aromatic heterocycles. The number of Topliss-reactive ketones (excluding diaryl/α,β-unsaturated/α-hetero) is 1. The largest absolute Gasteiger partial charge is 0.507 e. The van der Waals surface area contributed by atoms with Crippen molar-refractivity contribution in [1.82, 2.24) is 29.6 Å². The Morgan fingerprint density at radius 1 is 0.659 bits per heavy atom. The fourth-order valence-corrected chi connectivity index (χ4v) is 4.94. The third kappa shape index (κ3) is 10.0. The Hall–Kier alpha value is -4.05. The van der Waals surface area contributed by atoms with Gasteiger partial charge in [0.1, 0.15) is 17.8 Å². The zero-order valence-corrected chi connectivity index (χ0v) is 25.3. The van der Waals surface area contributed by atoms with Crippen LogP contribution >= 0.6 is 0 Å². The molecular weight excluding hydrogens is 576 g/mol. The summed E-state index contributed by atoms with van der Waals surface area (Å²) in [5.41, 5.74) is -0.231. The minimum atomic E-state index is -1.02. The highest BCUT2D eigenvalue weighted by Gasteiger charge is 2.26. The van der Waals surface area contributed by atoms with E-state index in [0.29, 0.717) is 52.4 Å². The number of hydrogen-bond donors (Lipinski definition) is 6. The topological polar surface area (TPSA) is 211 Å². The van der Waals surface area contributed by atoms with Crippen LogP contribution in [0.1, 0.15) is 42.3 Å². The summed E-state index contributed by atoms with van der Waals surface area (Å²) in [7, 11) is 0. The minimum absolute atomic E-state index is 0.0543. The Kier molecular flexibility index (Phi) is 11.8. The molecule has 2 aromatic rings. The van der Waals surface area contributed by atoms with Crippen molar-refractivity contribution in [3.63, 3.8) is 0 Å². The average molecular weight is 619 g/mol. The smallest absolute Gasteiger partial charge is 0.317 e. The second-order valence-electron chi connectivity index (χ2n) is 12.0. The molecule has 15 heteroatoms. The van der Waals surface area contributed by atoms with E-state index in [2.05, 4.69) is 9.97 Å². The third-order valence-corrected chi connectivity index (χ3v) is 7.46. The molecule has 6 N–H and O–H groups in total. The number of aromatic nitrogens is 2. The summed E-state index contributed by atoms with van der Waals surface area (Å²) in [5.74, 6) is -3.56. The van der Waals surface area contributed by atoms with E-state index in [1.54, 1.807) is 30.6 Å². The summed E-state index contributed by atoms with van der Waals surface area (Å²) in [4.78, 5) is 50.7. The number of phenols is 2. The van der Waals surface area contributed by atoms with Crippen LogP contribution in [0.15, 0.2) is 18.5 Å². The molecule has 0 amide bonds. The van der Waals surface area contributed by atoms with Crippen LogP contribution in [-0.2, 0) is 22.7 Å². The van der Waals surface area contributed by atoms with Gasteiger partial charge >= 0.3 is 11.9 Å². The van der Waals surface area contributed by atoms with Gasteiger partial charge in [-0.25, -0.2) is 9.97 Å². The first-order valence-electron chi connectivity index (χ1n) is 14.3. The highest BCUT2D eigenvalue weighted by molar-refractivity contribution is 6.00. The molecule has 1 fully saturated rings. The van der Waals surface area contributed by atoms with Crippen molar-refractivity contribution >= 4 is 17.7 Å². The molecule has 3 rings (SSSR count). The fraction of sp³-hybridized carbons (Fsp3) is 0.552. The minimum Gasteiger partial charge on any atom is -0.507 e. The molecule has 1 aliphatic heterocycles. The standard InChI is InChI=1S/C29H42N6O9/c1-29(2,3)26(42)19-12-22(36)20(23(37)13-19)14-32-4-8-34(16-24(38)39)10-6-33(7-11-35(9-5-32)17-25(40)41)15-21-27(43)30-18-31-28(21)44/h12-13,18,36-37H,4-11,14-17H2,1-3H3,(H,38,39)(H,40,41)(H2,30,31,43,44). The monoisotopic (exact) mass is 618 g/mol. The van der Waals surface area contributed by atoms with Crippen LogP contribution < -0.4 is 0 Å². The van der Waals surface area contributed by atoms with Crippen LogP contribution in [-0.4, -0.2) is 143 Å². The molecule has 242 valence electrons. The van der Waals surface area contributed by atoms with Crippen LogP contribution in [0.3, 0.4) is 0 Å². The van der Waals surface area contributed by atoms with E-state index in [1.807, 2.05) is 9.80 Å². The van der Waals surface area contributed by atoms with Gasteiger partial charge in [0, 0.05) is 82.0 Å². The van der Waals surface area contributed by atoms with Gasteiger partial charge < -0.3 is 30.6 Å². The Labute approximate surface area is 255 Å². The maximum atomic E-state index is 12.7. The number of aromatic hydroxyl groups is 4. The van der Waals surface area contributed by atoms with E-state index in [-0.39, 0.29) is 71.9 Å². The number of carbonyl (C=O) groups excluding carboxylic acids is 1. The molecule has 0 aliphatic carbocycles. The second kappa shape index (κ2) is 15.1. The first-order chi connectivity index (χ1) is 20.6. The predicted octanol–water partition coefficient (Wildman–Crippen LogP) is 0.619. The fourth-order valence-electron chi connectivity index (χ4n) is 4.94. The van der Waals surface area contributed by atoms with Crippen molar-refractivity contribution in [2.24, 2.45) is 5.41 Å². The van der Waals surface area contributed by atoms with E-state index < -0.39 is 17.4 Å². The highest BCUT2D eigenvalue weighted by Crippen LogP contribution is 2.33. The van der Waals surface area contributed by atoms with Crippen molar-refractivity contribution in [2.75, 3.05) is 65.4 Å². The van der Waals surface area contributed by atoms with Gasteiger partial charge in [-0.2, -0.15) is 0 Å².